The molecule has 9 rings (SSSR count). The van der Waals surface area contributed by atoms with Crippen molar-refractivity contribution in [1.82, 2.24) is 0 Å². The molecule has 0 radical (unpaired) electrons. The Morgan fingerprint density at radius 3 is 0.563 bits per heavy atom. The lowest BCUT2D eigenvalue weighted by molar-refractivity contribution is 0.617. The molecule has 9 aromatic carbocycles. The third-order valence-electron chi connectivity index (χ3n) is 22.6. The van der Waals surface area contributed by atoms with Gasteiger partial charge < -0.3 is 95.7 Å². The van der Waals surface area contributed by atoms with Gasteiger partial charge in [-0.1, -0.05) is 200 Å². The molecule has 18 nitrogen and oxygen atoms in total. The van der Waals surface area contributed by atoms with E-state index in [1.54, 1.807) is 0 Å². The highest BCUT2D eigenvalue weighted by atomic mass is 15.0. The molecule has 0 aliphatic rings. The van der Waals surface area contributed by atoms with Gasteiger partial charge in [0, 0.05) is 218 Å². The highest BCUT2D eigenvalue weighted by molar-refractivity contribution is 5.61. The van der Waals surface area contributed by atoms with Gasteiger partial charge >= 0.3 is 0 Å². The Balaban J connectivity index is 0.000000805. The summed E-state index contributed by atoms with van der Waals surface area (Å²) in [6, 6.07) is 77.5. The molecule has 0 bridgehead atoms. The molecular formula is C124H212N18. The maximum atomic E-state index is 3.53. The lowest BCUT2D eigenvalue weighted by Gasteiger charge is -2.24. The third kappa shape index (κ3) is 74.3. The normalized spacial score (nSPS) is 10.9. The first-order valence-corrected chi connectivity index (χ1v) is 55.8. The molecule has 0 aliphatic carbocycles. The van der Waals surface area contributed by atoms with Crippen molar-refractivity contribution in [2.75, 3.05) is 188 Å². The number of hydrogen-bond donors (Lipinski definition) is 18. The molecule has 0 aliphatic heterocycles. The molecule has 0 spiro atoms. The van der Waals surface area contributed by atoms with Crippen LogP contribution in [0.25, 0.3) is 0 Å². The van der Waals surface area contributed by atoms with Crippen LogP contribution in [0.4, 0.5) is 102 Å². The Morgan fingerprint density at radius 1 is 0.183 bits per heavy atom. The monoisotopic (exact) mass is 1950 g/mol. The zero-order valence-electron chi connectivity index (χ0n) is 95.0. The molecular weight excluding hydrogens is 1740 g/mol. The number of nitrogens with one attached hydrogen (secondary N) is 18. The van der Waals surface area contributed by atoms with Crippen molar-refractivity contribution in [2.45, 2.75) is 356 Å². The molecule has 0 fully saturated rings. The average molecular weight is 1960 g/mol. The van der Waals surface area contributed by atoms with Crippen molar-refractivity contribution < 1.29 is 0 Å². The number of unbranched alkanes of at least 4 members (excludes halogenated alkanes) is 16. The highest BCUT2D eigenvalue weighted by Gasteiger charge is 2.13. The number of hydrogen-bond acceptors (Lipinski definition) is 18. The summed E-state index contributed by atoms with van der Waals surface area (Å²) in [5.41, 5.74) is 21.7. The SMILES string of the molecule is CC(C)(C)Nc1ccc(NC(C)(C)C)cc1.CC(C)CNc1ccc(NCC(C)C)cc1.CCC(C)Nc1ccc(NC(C)CC)cc1.CCCCCCCCNc1ccc(NCCCCCCCC)cc1.CCCCCNc1ccc(NCCCCC)cc1.CCCCNc1ccc(NCCCC)cc1.CCCNc1ccc(NCCC)cc1.CCNc1ccc(NCC)cc1.CNc1ccc(NC)cc1. The Hall–Kier alpha value is -10.6. The zero-order valence-corrected chi connectivity index (χ0v) is 95.0. The van der Waals surface area contributed by atoms with Gasteiger partial charge in [-0.2, -0.15) is 0 Å². The zero-order chi connectivity index (χ0) is 105. The van der Waals surface area contributed by atoms with Crippen LogP contribution in [-0.4, -0.2) is 116 Å². The summed E-state index contributed by atoms with van der Waals surface area (Å²) in [7, 11) is 3.82. The quantitative estimate of drug-likeness (QED) is 0.0160. The van der Waals surface area contributed by atoms with Gasteiger partial charge in [0.05, 0.1) is 0 Å². The van der Waals surface area contributed by atoms with Crippen LogP contribution in [-0.2, 0) is 0 Å². The number of benzene rings is 9. The van der Waals surface area contributed by atoms with Crippen LogP contribution in [0.1, 0.15) is 333 Å². The largest absolute Gasteiger partial charge is 0.388 e. The fraction of sp³-hybridized carbons (Fsp3) is 0.565. The molecule has 0 amide bonds. The predicted molar refractivity (Wildman–Crippen MR) is 650 cm³/mol. The lowest BCUT2D eigenvalue weighted by atomic mass is 10.1. The van der Waals surface area contributed by atoms with E-state index in [1.165, 1.54) is 221 Å². The molecule has 9 aromatic rings. The Kier molecular flexibility index (Phi) is 78.3. The minimum atomic E-state index is 0.110. The summed E-state index contributed by atoms with van der Waals surface area (Å²) in [5, 5.41) is 60.7. The minimum absolute atomic E-state index is 0.110. The van der Waals surface area contributed by atoms with Crippen molar-refractivity contribution in [2.24, 2.45) is 11.8 Å². The van der Waals surface area contributed by atoms with Gasteiger partial charge in [-0.25, -0.2) is 0 Å². The van der Waals surface area contributed by atoms with Gasteiger partial charge in [-0.05, 0) is 364 Å². The van der Waals surface area contributed by atoms with E-state index < -0.39 is 0 Å². The molecule has 2 unspecified atom stereocenters. The Morgan fingerprint density at radius 2 is 0.359 bits per heavy atom. The van der Waals surface area contributed by atoms with Crippen molar-refractivity contribution in [3.63, 3.8) is 0 Å². The molecule has 798 valence electrons. The summed E-state index contributed by atoms with van der Waals surface area (Å²) in [4.78, 5) is 0. The van der Waals surface area contributed by atoms with Crippen LogP contribution in [0.3, 0.4) is 0 Å². The van der Waals surface area contributed by atoms with E-state index >= 15 is 0 Å². The van der Waals surface area contributed by atoms with Crippen LogP contribution >= 0.6 is 0 Å². The van der Waals surface area contributed by atoms with Gasteiger partial charge in [-0.3, -0.25) is 0 Å². The molecule has 0 heterocycles. The molecule has 142 heavy (non-hydrogen) atoms. The van der Waals surface area contributed by atoms with E-state index in [-0.39, 0.29) is 11.1 Å². The molecule has 2 atom stereocenters. The maximum absolute atomic E-state index is 3.53. The highest BCUT2D eigenvalue weighted by Crippen LogP contribution is 2.25. The molecule has 0 saturated heterocycles. The number of anilines is 18. The van der Waals surface area contributed by atoms with Gasteiger partial charge in [-0.15, -0.1) is 0 Å². The van der Waals surface area contributed by atoms with Gasteiger partial charge in [0.2, 0.25) is 0 Å². The summed E-state index contributed by atoms with van der Waals surface area (Å²) in [5.74, 6) is 1.36. The Bertz CT molecular complexity index is 3960. The fourth-order valence-electron chi connectivity index (χ4n) is 13.9. The standard InChI is InChI=1S/C22H40N2.C16H28N2.4C14H24N2.C12H20N2.C10H16N2.C8H12N2/c1-3-5-7-9-11-13-19-23-21-15-17-22(18-16-21)24-20-14-12-10-8-6-4-2;1-3-5-7-13-17-15-9-11-16(12-10-15)18-14-8-6-4-2;1-13(2,3)15-11-7-9-12(10-8-11)16-14(4,5)6;1-11(2)9-15-13-5-7-14(8-6-13)16-10-12(3)4;1-5-11(3)15-13-7-9-14(10-8-13)16-12(4)6-2;1-3-5-11-15-13-7-9-14(10-8-13)16-12-6-4-2;1-3-9-13-11-5-7-12(8-6-11)14-10-4-2;1-3-11-9-5-7-10(8-6-9)12-4-2;1-9-7-3-5-8(10-2)6-4-7/h15-18,23-24H,3-14,19-20H2,1-2H3;9-12,17-18H,3-8,13-14H2,1-2H3;7-10,15-16H,1-6H3;5-8,11-12,15-16H,9-10H2,1-4H3;7-12,15-16H,5-6H2,1-4H3;7-10,15-16H,3-6,11-12H2,1-2H3;5-8,13-14H,3-4,9-10H2,1-2H3;5-8,11-12H,3-4H2,1-2H3;3-6,9-10H,1-2H3. The first-order chi connectivity index (χ1) is 68.6. The van der Waals surface area contributed by atoms with Crippen molar-refractivity contribution >= 4 is 102 Å². The molecule has 18 heteroatoms. The molecule has 0 saturated carbocycles. The van der Waals surface area contributed by atoms with Crippen LogP contribution in [0.2, 0.25) is 0 Å². The van der Waals surface area contributed by atoms with E-state index in [4.69, 9.17) is 0 Å². The summed E-state index contributed by atoms with van der Waals surface area (Å²) >= 11 is 0. The van der Waals surface area contributed by atoms with Crippen molar-refractivity contribution in [3.05, 3.63) is 218 Å². The van der Waals surface area contributed by atoms with E-state index in [1.807, 2.05) is 38.4 Å². The van der Waals surface area contributed by atoms with E-state index in [9.17, 15) is 0 Å². The van der Waals surface area contributed by atoms with Gasteiger partial charge in [0.25, 0.3) is 0 Å². The van der Waals surface area contributed by atoms with E-state index in [2.05, 4.69) is 456 Å². The van der Waals surface area contributed by atoms with Gasteiger partial charge in [0.1, 0.15) is 0 Å². The minimum Gasteiger partial charge on any atom is -0.388 e. The van der Waals surface area contributed by atoms with E-state index in [0.29, 0.717) is 23.9 Å². The van der Waals surface area contributed by atoms with Gasteiger partial charge in [0.15, 0.2) is 0 Å². The smallest absolute Gasteiger partial charge is 0.0345 e. The second kappa shape index (κ2) is 85.9. The second-order valence-corrected chi connectivity index (χ2v) is 40.0. The van der Waals surface area contributed by atoms with Crippen LogP contribution in [0.15, 0.2) is 218 Å². The van der Waals surface area contributed by atoms with E-state index in [0.717, 1.165) is 127 Å². The molecule has 0 aromatic heterocycles. The number of rotatable bonds is 60. The average Bonchev–Trinajstić information content (AvgIpc) is 0.862. The second-order valence-electron chi connectivity index (χ2n) is 40.0. The summed E-state index contributed by atoms with van der Waals surface area (Å²) in [6.07, 6.45) is 33.5. The summed E-state index contributed by atoms with van der Waals surface area (Å²) < 4.78 is 0. The third-order valence-corrected chi connectivity index (χ3v) is 22.6. The van der Waals surface area contributed by atoms with Crippen LogP contribution < -0.4 is 95.7 Å². The van der Waals surface area contributed by atoms with Crippen LogP contribution in [0.5, 0.6) is 0 Å². The predicted octanol–water partition coefficient (Wildman–Crippen LogP) is 35.9. The Labute approximate surface area is 871 Å². The molecule has 18 N–H and O–H groups in total. The maximum Gasteiger partial charge on any atom is 0.0345 e. The topological polar surface area (TPSA) is 217 Å². The van der Waals surface area contributed by atoms with Crippen molar-refractivity contribution in [1.29, 1.82) is 0 Å². The first-order valence-electron chi connectivity index (χ1n) is 55.8. The van der Waals surface area contributed by atoms with Crippen LogP contribution in [0, 0.1) is 11.8 Å². The first kappa shape index (κ1) is 129. The fourth-order valence-corrected chi connectivity index (χ4v) is 13.9. The van der Waals surface area contributed by atoms with Crippen molar-refractivity contribution in [3.8, 4) is 0 Å². The lowest BCUT2D eigenvalue weighted by Crippen LogP contribution is -2.27. The summed E-state index contributed by atoms with van der Waals surface area (Å²) in [6.45, 7) is 65.1.